The smallest absolute Gasteiger partial charge is 0.190 e. The second-order valence-corrected chi connectivity index (χ2v) is 5.81. The van der Waals surface area contributed by atoms with Crippen LogP contribution >= 0.6 is 0 Å². The molecule has 1 saturated carbocycles. The summed E-state index contributed by atoms with van der Waals surface area (Å²) in [6, 6.07) is 3.26. The summed E-state index contributed by atoms with van der Waals surface area (Å²) in [5.41, 5.74) is 0.632. The summed E-state index contributed by atoms with van der Waals surface area (Å²) in [5.74, 6) is -1.44. The number of rotatable bonds is 10. The maximum absolute atomic E-state index is 13.9. The van der Waals surface area contributed by atoms with E-state index >= 15 is 0 Å². The average Bonchev–Trinajstić information content (AvgIpc) is 3.27. The van der Waals surface area contributed by atoms with Gasteiger partial charge in [0.15, 0.2) is 17.4 Å². The minimum atomic E-state index is -0.601. The van der Waals surface area contributed by atoms with E-state index in [1.165, 1.54) is 25.0 Å². The van der Waals surface area contributed by atoms with E-state index in [0.29, 0.717) is 24.8 Å². The maximum Gasteiger partial charge on any atom is 0.190 e. The van der Waals surface area contributed by atoms with Crippen molar-refractivity contribution in [3.05, 3.63) is 29.3 Å². The molecule has 0 bridgehead atoms. The van der Waals surface area contributed by atoms with E-state index < -0.39 is 11.6 Å². The van der Waals surface area contributed by atoms with Gasteiger partial charge in [0.2, 0.25) is 0 Å². The van der Waals surface area contributed by atoms with Crippen molar-refractivity contribution >= 4 is 0 Å². The van der Waals surface area contributed by atoms with Crippen molar-refractivity contribution in [3.8, 4) is 5.75 Å². The largest absolute Gasteiger partial charge is 0.488 e. The molecule has 0 radical (unpaired) electrons. The lowest BCUT2D eigenvalue weighted by atomic mass is 10.1. The number of halogens is 2. The first-order valence-electron chi connectivity index (χ1n) is 8.04. The predicted molar refractivity (Wildman–Crippen MR) is 80.5 cm³/mol. The van der Waals surface area contributed by atoms with E-state index in [0.717, 1.165) is 32.1 Å². The molecule has 1 fully saturated rings. The van der Waals surface area contributed by atoms with E-state index in [9.17, 15) is 8.78 Å². The van der Waals surface area contributed by atoms with Gasteiger partial charge in [-0.25, -0.2) is 8.78 Å². The third-order valence-corrected chi connectivity index (χ3v) is 3.72. The molecule has 0 spiro atoms. The zero-order valence-electron chi connectivity index (χ0n) is 12.8. The van der Waals surface area contributed by atoms with Gasteiger partial charge in [-0.2, -0.15) is 0 Å². The van der Waals surface area contributed by atoms with Gasteiger partial charge in [-0.3, -0.25) is 0 Å². The SMILES string of the molecule is CCCCCCCOc1c(F)cc(CNC2CC2)cc1F. The molecule has 0 heterocycles. The van der Waals surface area contributed by atoms with Crippen molar-refractivity contribution in [3.63, 3.8) is 0 Å². The molecule has 0 amide bonds. The Morgan fingerprint density at radius 2 is 1.76 bits per heavy atom. The molecule has 0 atom stereocenters. The molecule has 1 N–H and O–H groups in total. The van der Waals surface area contributed by atoms with Crippen molar-refractivity contribution in [1.82, 2.24) is 5.32 Å². The van der Waals surface area contributed by atoms with Gasteiger partial charge < -0.3 is 10.1 Å². The standard InChI is InChI=1S/C17H25F2NO/c1-2-3-4-5-6-9-21-17-15(18)10-13(11-16(17)19)12-20-14-7-8-14/h10-11,14,20H,2-9,12H2,1H3. The summed E-state index contributed by atoms with van der Waals surface area (Å²) in [6.07, 6.45) is 7.72. The van der Waals surface area contributed by atoms with E-state index in [-0.39, 0.29) is 5.75 Å². The van der Waals surface area contributed by atoms with Crippen LogP contribution in [0.25, 0.3) is 0 Å². The second-order valence-electron chi connectivity index (χ2n) is 5.81. The van der Waals surface area contributed by atoms with Crippen LogP contribution < -0.4 is 10.1 Å². The molecule has 1 aromatic carbocycles. The molecule has 2 nitrogen and oxygen atoms in total. The normalized spacial score (nSPS) is 14.4. The summed E-state index contributed by atoms with van der Waals surface area (Å²) >= 11 is 0. The number of hydrogen-bond acceptors (Lipinski definition) is 2. The van der Waals surface area contributed by atoms with Crippen molar-refractivity contribution in [2.24, 2.45) is 0 Å². The van der Waals surface area contributed by atoms with Crippen LogP contribution in [0.1, 0.15) is 57.4 Å². The van der Waals surface area contributed by atoms with E-state index in [1.807, 2.05) is 0 Å². The van der Waals surface area contributed by atoms with Crippen molar-refractivity contribution in [2.45, 2.75) is 64.5 Å². The van der Waals surface area contributed by atoms with Crippen LogP contribution in [0.15, 0.2) is 12.1 Å². The fraction of sp³-hybridized carbons (Fsp3) is 0.647. The maximum atomic E-state index is 13.9. The Kier molecular flexibility index (Phi) is 6.43. The highest BCUT2D eigenvalue weighted by molar-refractivity contribution is 5.31. The van der Waals surface area contributed by atoms with Gasteiger partial charge in [-0.15, -0.1) is 0 Å². The molecular weight excluding hydrogens is 272 g/mol. The predicted octanol–water partition coefficient (Wildman–Crippen LogP) is 4.57. The summed E-state index contributed by atoms with van der Waals surface area (Å²) in [6.45, 7) is 3.04. The molecule has 1 aromatic rings. The first-order valence-corrected chi connectivity index (χ1v) is 8.04. The lowest BCUT2D eigenvalue weighted by Crippen LogP contribution is -2.15. The number of unbranched alkanes of at least 4 members (excludes halogenated alkanes) is 4. The lowest BCUT2D eigenvalue weighted by molar-refractivity contribution is 0.275. The third kappa shape index (κ3) is 5.62. The van der Waals surface area contributed by atoms with Gasteiger partial charge in [-0.1, -0.05) is 32.6 Å². The van der Waals surface area contributed by atoms with Gasteiger partial charge in [0.05, 0.1) is 6.61 Å². The highest BCUT2D eigenvalue weighted by atomic mass is 19.1. The Bertz CT molecular complexity index is 423. The molecule has 118 valence electrons. The molecule has 0 aromatic heterocycles. The second kappa shape index (κ2) is 8.32. The Morgan fingerprint density at radius 3 is 2.38 bits per heavy atom. The highest BCUT2D eigenvalue weighted by Gasteiger charge is 2.20. The Labute approximate surface area is 125 Å². The van der Waals surface area contributed by atoms with E-state index in [1.54, 1.807) is 0 Å². The van der Waals surface area contributed by atoms with Crippen LogP contribution in [-0.2, 0) is 6.54 Å². The quantitative estimate of drug-likeness (QED) is 0.639. The van der Waals surface area contributed by atoms with Gasteiger partial charge in [-0.05, 0) is 37.0 Å². The molecular formula is C17H25F2NO. The summed E-state index contributed by atoms with van der Waals surface area (Å²) in [5, 5.41) is 3.24. The first kappa shape index (κ1) is 16.2. The summed E-state index contributed by atoms with van der Waals surface area (Å²) in [7, 11) is 0. The lowest BCUT2D eigenvalue weighted by Gasteiger charge is -2.10. The van der Waals surface area contributed by atoms with Crippen molar-refractivity contribution in [2.75, 3.05) is 6.61 Å². The molecule has 0 saturated heterocycles. The summed E-state index contributed by atoms with van der Waals surface area (Å²) < 4.78 is 33.0. The van der Waals surface area contributed by atoms with E-state index in [4.69, 9.17) is 4.74 Å². The summed E-state index contributed by atoms with van der Waals surface area (Å²) in [4.78, 5) is 0. The fourth-order valence-corrected chi connectivity index (χ4v) is 2.28. The number of hydrogen-bond donors (Lipinski definition) is 1. The zero-order chi connectivity index (χ0) is 15.1. The van der Waals surface area contributed by atoms with Crippen LogP contribution in [0.5, 0.6) is 5.75 Å². The number of ether oxygens (including phenoxy) is 1. The highest BCUT2D eigenvalue weighted by Crippen LogP contribution is 2.25. The van der Waals surface area contributed by atoms with Crippen molar-refractivity contribution < 1.29 is 13.5 Å². The van der Waals surface area contributed by atoms with Gasteiger partial charge in [0, 0.05) is 12.6 Å². The number of benzene rings is 1. The monoisotopic (exact) mass is 297 g/mol. The van der Waals surface area contributed by atoms with E-state index in [2.05, 4.69) is 12.2 Å². The van der Waals surface area contributed by atoms with Gasteiger partial charge in [0.25, 0.3) is 0 Å². The fourth-order valence-electron chi connectivity index (χ4n) is 2.28. The molecule has 2 rings (SSSR count). The molecule has 4 heteroatoms. The Balaban J connectivity index is 1.78. The van der Waals surface area contributed by atoms with Gasteiger partial charge in [0.1, 0.15) is 0 Å². The minimum Gasteiger partial charge on any atom is -0.488 e. The van der Waals surface area contributed by atoms with Crippen LogP contribution in [0.3, 0.4) is 0 Å². The Morgan fingerprint density at radius 1 is 1.10 bits per heavy atom. The molecule has 0 aliphatic heterocycles. The van der Waals surface area contributed by atoms with Crippen LogP contribution in [0.4, 0.5) is 8.78 Å². The van der Waals surface area contributed by atoms with Gasteiger partial charge >= 0.3 is 0 Å². The van der Waals surface area contributed by atoms with Crippen LogP contribution in [-0.4, -0.2) is 12.6 Å². The Hall–Kier alpha value is -1.16. The molecule has 1 aliphatic carbocycles. The molecule has 1 aliphatic rings. The average molecular weight is 297 g/mol. The first-order chi connectivity index (χ1) is 10.2. The number of nitrogens with one attached hydrogen (secondary N) is 1. The third-order valence-electron chi connectivity index (χ3n) is 3.72. The van der Waals surface area contributed by atoms with Crippen LogP contribution in [0, 0.1) is 11.6 Å². The van der Waals surface area contributed by atoms with Crippen molar-refractivity contribution in [1.29, 1.82) is 0 Å². The minimum absolute atomic E-state index is 0.235. The van der Waals surface area contributed by atoms with Crippen LogP contribution in [0.2, 0.25) is 0 Å². The zero-order valence-corrected chi connectivity index (χ0v) is 12.8. The molecule has 0 unspecified atom stereocenters. The molecule has 21 heavy (non-hydrogen) atoms. The topological polar surface area (TPSA) is 21.3 Å².